The molecule has 0 unspecified atom stereocenters. The van der Waals surface area contributed by atoms with Crippen molar-refractivity contribution in [1.29, 1.82) is 0 Å². The molecule has 0 saturated carbocycles. The zero-order valence-corrected chi connectivity index (χ0v) is 13.7. The second kappa shape index (κ2) is 5.71. The molecule has 22 heavy (non-hydrogen) atoms. The number of aromatic nitrogens is 2. The van der Waals surface area contributed by atoms with Crippen molar-refractivity contribution < 1.29 is 12.9 Å². The molecule has 2 aromatic heterocycles. The van der Waals surface area contributed by atoms with Crippen LogP contribution >= 0.6 is 22.9 Å². The fraction of sp³-hybridized carbons (Fsp3) is 0.0769. The Morgan fingerprint density at radius 3 is 2.73 bits per heavy atom. The van der Waals surface area contributed by atoms with Crippen molar-refractivity contribution in [2.45, 2.75) is 11.1 Å². The van der Waals surface area contributed by atoms with Crippen LogP contribution in [0.15, 0.2) is 45.1 Å². The average molecular weight is 356 g/mol. The van der Waals surface area contributed by atoms with Crippen LogP contribution < -0.4 is 4.72 Å². The van der Waals surface area contributed by atoms with Crippen LogP contribution in [0.25, 0.3) is 11.5 Å². The summed E-state index contributed by atoms with van der Waals surface area (Å²) < 4.78 is 32.6. The summed E-state index contributed by atoms with van der Waals surface area (Å²) in [6.45, 7) is 1.71. The van der Waals surface area contributed by atoms with E-state index in [9.17, 15) is 8.42 Å². The van der Waals surface area contributed by atoms with E-state index in [1.54, 1.807) is 37.3 Å². The standard InChI is InChI=1S/C13H10ClN3O3S2/c1-8-15-13(20-16-8)9-3-2-4-10(7-9)17-22(18,19)12-6-5-11(14)21-12/h2-7,17H,1H3. The molecule has 0 fully saturated rings. The van der Waals surface area contributed by atoms with Crippen molar-refractivity contribution in [3.05, 3.63) is 46.6 Å². The summed E-state index contributed by atoms with van der Waals surface area (Å²) in [6.07, 6.45) is 0. The lowest BCUT2D eigenvalue weighted by Crippen LogP contribution is -2.11. The Bertz CT molecular complexity index is 918. The predicted octanol–water partition coefficient (Wildman–Crippen LogP) is 3.56. The molecule has 0 amide bonds. The van der Waals surface area contributed by atoms with E-state index in [0.717, 1.165) is 11.3 Å². The maximum absolute atomic E-state index is 12.3. The van der Waals surface area contributed by atoms with Crippen LogP contribution in [-0.2, 0) is 10.0 Å². The summed E-state index contributed by atoms with van der Waals surface area (Å²) in [7, 11) is -3.67. The molecule has 1 aromatic carbocycles. The van der Waals surface area contributed by atoms with Gasteiger partial charge in [-0.3, -0.25) is 4.72 Å². The summed E-state index contributed by atoms with van der Waals surface area (Å²) in [5, 5.41) is 3.71. The number of thiophene rings is 1. The topological polar surface area (TPSA) is 85.1 Å². The molecule has 0 aliphatic rings. The molecule has 114 valence electrons. The Kier molecular flexibility index (Phi) is 3.90. The highest BCUT2D eigenvalue weighted by atomic mass is 35.5. The quantitative estimate of drug-likeness (QED) is 0.773. The van der Waals surface area contributed by atoms with Gasteiger partial charge in [0.2, 0.25) is 0 Å². The molecule has 0 aliphatic carbocycles. The van der Waals surface area contributed by atoms with Gasteiger partial charge in [0.25, 0.3) is 15.9 Å². The third-order valence-corrected chi connectivity index (χ3v) is 5.81. The molecule has 0 spiro atoms. The van der Waals surface area contributed by atoms with Gasteiger partial charge in [0.1, 0.15) is 4.21 Å². The number of aryl methyl sites for hydroxylation is 1. The van der Waals surface area contributed by atoms with Crippen molar-refractivity contribution in [3.63, 3.8) is 0 Å². The van der Waals surface area contributed by atoms with Crippen LogP contribution in [-0.4, -0.2) is 18.6 Å². The Balaban J connectivity index is 1.90. The van der Waals surface area contributed by atoms with E-state index in [4.69, 9.17) is 16.1 Å². The van der Waals surface area contributed by atoms with Crippen molar-refractivity contribution in [2.24, 2.45) is 0 Å². The normalized spacial score (nSPS) is 11.5. The largest absolute Gasteiger partial charge is 0.334 e. The molecule has 0 radical (unpaired) electrons. The van der Waals surface area contributed by atoms with Gasteiger partial charge in [-0.25, -0.2) is 8.42 Å². The second-order valence-electron chi connectivity index (χ2n) is 4.39. The minimum atomic E-state index is -3.67. The number of nitrogens with zero attached hydrogens (tertiary/aromatic N) is 2. The summed E-state index contributed by atoms with van der Waals surface area (Å²) >= 11 is 6.77. The van der Waals surface area contributed by atoms with E-state index in [0.29, 0.717) is 27.3 Å². The molecule has 1 N–H and O–H groups in total. The highest BCUT2D eigenvalue weighted by Gasteiger charge is 2.17. The third-order valence-electron chi connectivity index (χ3n) is 2.70. The highest BCUT2D eigenvalue weighted by Crippen LogP contribution is 2.28. The lowest BCUT2D eigenvalue weighted by Gasteiger charge is -2.06. The Labute approximate surface area is 135 Å². The number of sulfonamides is 1. The maximum Gasteiger partial charge on any atom is 0.271 e. The molecule has 0 aliphatic heterocycles. The molecule has 6 nitrogen and oxygen atoms in total. The second-order valence-corrected chi connectivity index (χ2v) is 8.02. The summed E-state index contributed by atoms with van der Waals surface area (Å²) in [5.41, 5.74) is 1.03. The molecule has 0 atom stereocenters. The molecular formula is C13H10ClN3O3S2. The van der Waals surface area contributed by atoms with Gasteiger partial charge in [0.15, 0.2) is 5.82 Å². The smallest absolute Gasteiger partial charge is 0.271 e. The van der Waals surface area contributed by atoms with Crippen LogP contribution in [0.2, 0.25) is 4.34 Å². The number of rotatable bonds is 4. The van der Waals surface area contributed by atoms with Gasteiger partial charge in [-0.05, 0) is 37.3 Å². The number of nitrogens with one attached hydrogen (secondary N) is 1. The first-order chi connectivity index (χ1) is 10.4. The Morgan fingerprint density at radius 2 is 2.09 bits per heavy atom. The SMILES string of the molecule is Cc1noc(-c2cccc(NS(=O)(=O)c3ccc(Cl)s3)c2)n1. The van der Waals surface area contributed by atoms with Crippen molar-refractivity contribution in [1.82, 2.24) is 10.1 Å². The van der Waals surface area contributed by atoms with Gasteiger partial charge in [-0.2, -0.15) is 4.98 Å². The van der Waals surface area contributed by atoms with E-state index < -0.39 is 10.0 Å². The van der Waals surface area contributed by atoms with Crippen molar-refractivity contribution in [2.75, 3.05) is 4.72 Å². The number of hydrogen-bond donors (Lipinski definition) is 1. The van der Waals surface area contributed by atoms with Gasteiger partial charge < -0.3 is 4.52 Å². The Hall–Kier alpha value is -1.90. The number of hydrogen-bond acceptors (Lipinski definition) is 6. The fourth-order valence-electron chi connectivity index (χ4n) is 1.78. The number of anilines is 1. The van der Waals surface area contributed by atoms with E-state index in [2.05, 4.69) is 14.9 Å². The van der Waals surface area contributed by atoms with Gasteiger partial charge in [0, 0.05) is 11.3 Å². The lowest BCUT2D eigenvalue weighted by atomic mass is 10.2. The first kappa shape index (κ1) is 15.0. The highest BCUT2D eigenvalue weighted by molar-refractivity contribution is 7.94. The molecular weight excluding hydrogens is 346 g/mol. The molecule has 9 heteroatoms. The summed E-state index contributed by atoms with van der Waals surface area (Å²) in [5.74, 6) is 0.840. The minimum Gasteiger partial charge on any atom is -0.334 e. The predicted molar refractivity (Wildman–Crippen MR) is 84.6 cm³/mol. The fourth-order valence-corrected chi connectivity index (χ4v) is 4.31. The third kappa shape index (κ3) is 3.13. The number of halogens is 1. The van der Waals surface area contributed by atoms with Gasteiger partial charge in [0.05, 0.1) is 4.34 Å². The van der Waals surface area contributed by atoms with E-state index in [-0.39, 0.29) is 4.21 Å². The van der Waals surface area contributed by atoms with Gasteiger partial charge >= 0.3 is 0 Å². The van der Waals surface area contributed by atoms with Crippen LogP contribution in [0.5, 0.6) is 0 Å². The van der Waals surface area contributed by atoms with E-state index in [1.165, 1.54) is 6.07 Å². The van der Waals surface area contributed by atoms with E-state index in [1.807, 2.05) is 0 Å². The lowest BCUT2D eigenvalue weighted by molar-refractivity contribution is 0.425. The van der Waals surface area contributed by atoms with Crippen molar-refractivity contribution in [3.8, 4) is 11.5 Å². The first-order valence-corrected chi connectivity index (χ1v) is 8.81. The molecule has 3 rings (SSSR count). The zero-order valence-electron chi connectivity index (χ0n) is 11.3. The van der Waals surface area contributed by atoms with Gasteiger partial charge in [-0.1, -0.05) is 22.8 Å². The van der Waals surface area contributed by atoms with Crippen LogP contribution in [0, 0.1) is 6.92 Å². The monoisotopic (exact) mass is 355 g/mol. The first-order valence-electron chi connectivity index (χ1n) is 6.13. The molecule has 0 bridgehead atoms. The van der Waals surface area contributed by atoms with Crippen LogP contribution in [0.3, 0.4) is 0 Å². The summed E-state index contributed by atoms with van der Waals surface area (Å²) in [4.78, 5) is 4.11. The Morgan fingerprint density at radius 1 is 1.27 bits per heavy atom. The van der Waals surface area contributed by atoms with Gasteiger partial charge in [-0.15, -0.1) is 11.3 Å². The minimum absolute atomic E-state index is 0.150. The van der Waals surface area contributed by atoms with Crippen molar-refractivity contribution >= 4 is 38.6 Å². The van der Waals surface area contributed by atoms with Crippen LogP contribution in [0.1, 0.15) is 5.82 Å². The van der Waals surface area contributed by atoms with E-state index >= 15 is 0 Å². The zero-order chi connectivity index (χ0) is 15.7. The van der Waals surface area contributed by atoms with Crippen LogP contribution in [0.4, 0.5) is 5.69 Å². The molecule has 3 aromatic rings. The molecule has 0 saturated heterocycles. The molecule has 2 heterocycles. The summed E-state index contributed by atoms with van der Waals surface area (Å²) in [6, 6.07) is 9.72. The maximum atomic E-state index is 12.3. The average Bonchev–Trinajstić information content (AvgIpc) is 3.08. The number of benzene rings is 1.